The van der Waals surface area contributed by atoms with Crippen LogP contribution in [0.15, 0.2) is 53.4 Å². The van der Waals surface area contributed by atoms with Gasteiger partial charge in [0.25, 0.3) is 0 Å². The Morgan fingerprint density at radius 1 is 1.13 bits per heavy atom. The number of nitriles is 1. The van der Waals surface area contributed by atoms with E-state index in [-0.39, 0.29) is 5.82 Å². The molecule has 0 bridgehead atoms. The molecule has 8 heteroatoms. The third kappa shape index (κ3) is 11.3. The summed E-state index contributed by atoms with van der Waals surface area (Å²) in [4.78, 5) is 12.1. The molecule has 0 fully saturated rings. The Morgan fingerprint density at radius 2 is 1.82 bits per heavy atom. The van der Waals surface area contributed by atoms with Crippen LogP contribution >= 0.6 is 11.3 Å². The first-order chi connectivity index (χ1) is 18.2. The van der Waals surface area contributed by atoms with Crippen LogP contribution in [0, 0.1) is 23.1 Å². The largest absolute Gasteiger partial charge is 0.379 e. The van der Waals surface area contributed by atoms with Crippen LogP contribution in [0.25, 0.3) is 0 Å². The molecule has 0 aliphatic carbocycles. The van der Waals surface area contributed by atoms with Gasteiger partial charge in [-0.2, -0.15) is 5.26 Å². The molecule has 3 rings (SSSR count). The van der Waals surface area contributed by atoms with Crippen LogP contribution in [-0.2, 0) is 41.5 Å². The number of anilines is 1. The zero-order valence-corrected chi connectivity index (χ0v) is 24.7. The molecule has 206 valence electrons. The normalized spacial score (nSPS) is 11.6. The molecule has 2 unspecified atom stereocenters. The Morgan fingerprint density at radius 3 is 2.26 bits per heavy atom. The van der Waals surface area contributed by atoms with Gasteiger partial charge in [-0.05, 0) is 72.6 Å². The minimum absolute atomic E-state index is 0.144. The van der Waals surface area contributed by atoms with Crippen molar-refractivity contribution < 1.29 is 13.4 Å². The average Bonchev–Trinajstić information content (AvgIpc) is 3.29. The number of carbonyl (C=O) groups is 1. The minimum Gasteiger partial charge on any atom is -0.379 e. The van der Waals surface area contributed by atoms with Crippen LogP contribution in [0.3, 0.4) is 0 Å². The zero-order valence-electron chi connectivity index (χ0n) is 23.1. The van der Waals surface area contributed by atoms with Crippen molar-refractivity contribution in [2.75, 3.05) is 12.4 Å². The molecule has 0 amide bonds. The van der Waals surface area contributed by atoms with E-state index >= 15 is 0 Å². The molecule has 2 atom stereocenters. The first-order valence-corrected chi connectivity index (χ1v) is 14.9. The number of thiophene rings is 1. The van der Waals surface area contributed by atoms with Crippen LogP contribution in [0.1, 0.15) is 67.7 Å². The van der Waals surface area contributed by atoms with Crippen molar-refractivity contribution in [2.45, 2.75) is 71.1 Å². The molecule has 3 aromatic rings. The summed E-state index contributed by atoms with van der Waals surface area (Å²) in [5.41, 5.74) is 4.11. The standard InChI is InChI=1S/C14H22N2S.C8H9F.C8H9NO2S/c1-5-10(3)7-8-11-12(9-15)14(16-4)17-13(11)6-2;1-2-7-4-3-5-8(9)6-7;9-12(11)8-3-1-7(2-4-8)5-6-10/h10,16H,5-8H2,1-4H3;3-6H,2H2,1H3;1-4,6H,5,9H2. The molecular weight excluding hydrogens is 517 g/mol. The fraction of sp³-hybridized carbons (Fsp3) is 0.400. The van der Waals surface area contributed by atoms with E-state index in [2.05, 4.69) is 32.2 Å². The monoisotopic (exact) mass is 557 g/mol. The number of hydrogen-bond donors (Lipinski definition) is 2. The van der Waals surface area contributed by atoms with Gasteiger partial charge in [-0.15, -0.1) is 11.3 Å². The van der Waals surface area contributed by atoms with Crippen molar-refractivity contribution in [3.8, 4) is 6.07 Å². The van der Waals surface area contributed by atoms with Crippen molar-refractivity contribution in [3.63, 3.8) is 0 Å². The molecule has 0 aliphatic rings. The average molecular weight is 558 g/mol. The van der Waals surface area contributed by atoms with Gasteiger partial charge in [0.05, 0.1) is 10.5 Å². The number of aldehydes is 1. The lowest BCUT2D eigenvalue weighted by Crippen LogP contribution is -2.02. The second-order valence-corrected chi connectivity index (χ2v) is 10.9. The Hall–Kier alpha value is -2.86. The van der Waals surface area contributed by atoms with Crippen molar-refractivity contribution in [1.82, 2.24) is 0 Å². The van der Waals surface area contributed by atoms with Crippen LogP contribution < -0.4 is 10.5 Å². The number of nitrogens with zero attached hydrogens (tertiary/aromatic N) is 1. The molecule has 3 N–H and O–H groups in total. The number of nitrogens with two attached hydrogens (primary N) is 1. The number of nitrogens with one attached hydrogen (secondary N) is 1. The minimum atomic E-state index is -1.43. The Balaban J connectivity index is 0.000000300. The highest BCUT2D eigenvalue weighted by molar-refractivity contribution is 7.82. The van der Waals surface area contributed by atoms with Gasteiger partial charge in [-0.25, -0.2) is 13.7 Å². The molecule has 0 radical (unpaired) electrons. The quantitative estimate of drug-likeness (QED) is 0.262. The highest BCUT2D eigenvalue weighted by Gasteiger charge is 2.16. The van der Waals surface area contributed by atoms with Crippen LogP contribution in [-0.4, -0.2) is 17.5 Å². The van der Waals surface area contributed by atoms with Gasteiger partial charge < -0.3 is 10.1 Å². The van der Waals surface area contributed by atoms with E-state index in [1.54, 1.807) is 47.7 Å². The van der Waals surface area contributed by atoms with Gasteiger partial charge >= 0.3 is 0 Å². The third-order valence-electron chi connectivity index (χ3n) is 6.11. The lowest BCUT2D eigenvalue weighted by Gasteiger charge is -2.08. The molecule has 0 saturated carbocycles. The predicted octanol–water partition coefficient (Wildman–Crippen LogP) is 7.00. The van der Waals surface area contributed by atoms with E-state index in [4.69, 9.17) is 5.14 Å². The maximum absolute atomic E-state index is 12.4. The summed E-state index contributed by atoms with van der Waals surface area (Å²) in [7, 11) is 0.464. The van der Waals surface area contributed by atoms with E-state index in [1.807, 2.05) is 20.0 Å². The number of aryl methyl sites for hydroxylation is 2. The molecule has 2 aromatic carbocycles. The van der Waals surface area contributed by atoms with Gasteiger partial charge in [0.2, 0.25) is 0 Å². The van der Waals surface area contributed by atoms with Gasteiger partial charge in [-0.3, -0.25) is 0 Å². The van der Waals surface area contributed by atoms with Crippen molar-refractivity contribution in [1.29, 1.82) is 5.26 Å². The molecular formula is C30H40FN3O2S2. The van der Waals surface area contributed by atoms with Gasteiger partial charge in [0, 0.05) is 18.3 Å². The summed E-state index contributed by atoms with van der Waals surface area (Å²) in [5.74, 6) is 0.596. The fourth-order valence-electron chi connectivity index (χ4n) is 3.56. The Kier molecular flexibility index (Phi) is 16.1. The van der Waals surface area contributed by atoms with E-state index in [0.29, 0.717) is 11.3 Å². The first kappa shape index (κ1) is 33.2. The molecule has 5 nitrogen and oxygen atoms in total. The topological polar surface area (TPSA) is 96.0 Å². The third-order valence-corrected chi connectivity index (χ3v) is 8.24. The summed E-state index contributed by atoms with van der Waals surface area (Å²) in [6.07, 6.45) is 6.57. The lowest BCUT2D eigenvalue weighted by atomic mass is 9.96. The van der Waals surface area contributed by atoms with E-state index in [0.717, 1.165) is 53.2 Å². The van der Waals surface area contributed by atoms with Crippen LogP contribution in [0.4, 0.5) is 9.39 Å². The predicted molar refractivity (Wildman–Crippen MR) is 158 cm³/mol. The van der Waals surface area contributed by atoms with Crippen LogP contribution in [0.2, 0.25) is 0 Å². The van der Waals surface area contributed by atoms with Crippen molar-refractivity contribution >= 4 is 33.6 Å². The van der Waals surface area contributed by atoms with E-state index < -0.39 is 11.0 Å². The highest BCUT2D eigenvalue weighted by Crippen LogP contribution is 2.34. The summed E-state index contributed by atoms with van der Waals surface area (Å²) >= 11 is 1.74. The number of benzene rings is 2. The number of hydrogen-bond acceptors (Lipinski definition) is 5. The Bertz CT molecular complexity index is 1190. The SMILES string of the molecule is CCc1cccc(F)c1.CCc1sc(NC)c(C#N)c1CCC(C)CC.NS(=O)c1ccc(CC=O)cc1. The zero-order chi connectivity index (χ0) is 28.5. The second-order valence-electron chi connectivity index (χ2n) is 8.77. The van der Waals surface area contributed by atoms with Gasteiger partial charge in [0.15, 0.2) is 0 Å². The molecule has 0 spiro atoms. The lowest BCUT2D eigenvalue weighted by molar-refractivity contribution is -0.107. The van der Waals surface area contributed by atoms with Crippen molar-refractivity contribution in [3.05, 3.63) is 81.5 Å². The van der Waals surface area contributed by atoms with Crippen LogP contribution in [0.5, 0.6) is 0 Å². The molecule has 38 heavy (non-hydrogen) atoms. The maximum atomic E-state index is 12.4. The number of rotatable bonds is 10. The summed E-state index contributed by atoms with van der Waals surface area (Å²) < 4.78 is 23.1. The fourth-order valence-corrected chi connectivity index (χ4v) is 5.06. The second kappa shape index (κ2) is 18.4. The van der Waals surface area contributed by atoms with Gasteiger partial charge in [0.1, 0.15) is 34.2 Å². The maximum Gasteiger partial charge on any atom is 0.124 e. The Labute approximate surface area is 233 Å². The summed E-state index contributed by atoms with van der Waals surface area (Å²) in [6, 6.07) is 15.8. The highest BCUT2D eigenvalue weighted by atomic mass is 32.2. The first-order valence-electron chi connectivity index (χ1n) is 12.9. The summed E-state index contributed by atoms with van der Waals surface area (Å²) in [5, 5.41) is 18.6. The molecule has 0 saturated heterocycles. The van der Waals surface area contributed by atoms with E-state index in [1.165, 1.54) is 29.3 Å². The van der Waals surface area contributed by atoms with Crippen molar-refractivity contribution in [2.24, 2.45) is 11.1 Å². The van der Waals surface area contributed by atoms with E-state index in [9.17, 15) is 18.7 Å². The molecule has 1 heterocycles. The molecule has 1 aromatic heterocycles. The smallest absolute Gasteiger partial charge is 0.124 e. The number of halogens is 1. The summed E-state index contributed by atoms with van der Waals surface area (Å²) in [6.45, 7) is 8.68. The molecule has 0 aliphatic heterocycles. The van der Waals surface area contributed by atoms with Gasteiger partial charge in [-0.1, -0.05) is 58.4 Å². The number of carbonyl (C=O) groups excluding carboxylic acids is 1.